The number of hydrogen-bond acceptors (Lipinski definition) is 3. The van der Waals surface area contributed by atoms with Crippen LogP contribution in [0.2, 0.25) is 0 Å². The van der Waals surface area contributed by atoms with Crippen LogP contribution in [-0.4, -0.2) is 22.6 Å². The molecule has 0 atom stereocenters. The van der Waals surface area contributed by atoms with Crippen molar-refractivity contribution in [1.82, 2.24) is 9.97 Å². The van der Waals surface area contributed by atoms with E-state index in [1.165, 1.54) is 32.2 Å². The van der Waals surface area contributed by atoms with Crippen LogP contribution in [-0.2, 0) is 6.42 Å². The molecule has 18 heavy (non-hydrogen) atoms. The Morgan fingerprint density at radius 2 is 2.06 bits per heavy atom. The largest absolute Gasteiger partial charge is 0.353 e. The minimum Gasteiger partial charge on any atom is -0.353 e. The van der Waals surface area contributed by atoms with Gasteiger partial charge in [0.2, 0.25) is 0 Å². The van der Waals surface area contributed by atoms with E-state index in [9.17, 15) is 0 Å². The summed E-state index contributed by atoms with van der Waals surface area (Å²) in [5.74, 6) is 3.02. The van der Waals surface area contributed by atoms with Gasteiger partial charge in [0.25, 0.3) is 0 Å². The van der Waals surface area contributed by atoms with Crippen LogP contribution < -0.4 is 4.90 Å². The number of anilines is 1. The first-order valence-electron chi connectivity index (χ1n) is 7.06. The smallest absolute Gasteiger partial charge is 0.133 e. The summed E-state index contributed by atoms with van der Waals surface area (Å²) >= 11 is 3.52. The highest BCUT2D eigenvalue weighted by Crippen LogP contribution is 2.37. The SMILES string of the molecule is CCCc1nc(Br)cc(N(CC2CC2)C2CC2)n1. The lowest BCUT2D eigenvalue weighted by Gasteiger charge is -2.24. The highest BCUT2D eigenvalue weighted by atomic mass is 79.9. The van der Waals surface area contributed by atoms with Crippen LogP contribution >= 0.6 is 15.9 Å². The molecule has 0 saturated heterocycles. The molecule has 0 aromatic carbocycles. The minimum absolute atomic E-state index is 0.738. The highest BCUT2D eigenvalue weighted by molar-refractivity contribution is 9.10. The first kappa shape index (κ1) is 12.4. The Hall–Kier alpha value is -0.640. The Balaban J connectivity index is 1.82. The fourth-order valence-electron chi connectivity index (χ4n) is 2.33. The molecule has 1 aromatic rings. The van der Waals surface area contributed by atoms with Crippen molar-refractivity contribution in [2.45, 2.75) is 51.5 Å². The molecule has 2 fully saturated rings. The Morgan fingerprint density at radius 1 is 1.28 bits per heavy atom. The molecule has 98 valence electrons. The van der Waals surface area contributed by atoms with E-state index in [0.29, 0.717) is 0 Å². The molecule has 2 aliphatic carbocycles. The van der Waals surface area contributed by atoms with Crippen molar-refractivity contribution in [3.63, 3.8) is 0 Å². The number of nitrogens with zero attached hydrogens (tertiary/aromatic N) is 3. The molecule has 4 heteroatoms. The molecular weight excluding hydrogens is 290 g/mol. The van der Waals surface area contributed by atoms with E-state index in [0.717, 1.165) is 41.0 Å². The van der Waals surface area contributed by atoms with E-state index in [4.69, 9.17) is 4.98 Å². The lowest BCUT2D eigenvalue weighted by atomic mass is 10.3. The third-order valence-electron chi connectivity index (χ3n) is 3.64. The second kappa shape index (κ2) is 5.16. The Bertz CT molecular complexity index is 427. The minimum atomic E-state index is 0.738. The van der Waals surface area contributed by atoms with E-state index in [1.54, 1.807) is 0 Å². The van der Waals surface area contributed by atoms with Crippen LogP contribution in [0.25, 0.3) is 0 Å². The van der Waals surface area contributed by atoms with Crippen molar-refractivity contribution in [2.75, 3.05) is 11.4 Å². The van der Waals surface area contributed by atoms with Gasteiger partial charge < -0.3 is 4.90 Å². The Labute approximate surface area is 117 Å². The molecule has 0 aliphatic heterocycles. The van der Waals surface area contributed by atoms with Crippen LogP contribution in [0.15, 0.2) is 10.7 Å². The lowest BCUT2D eigenvalue weighted by molar-refractivity contribution is 0.699. The molecule has 3 nitrogen and oxygen atoms in total. The van der Waals surface area contributed by atoms with Crippen LogP contribution in [0.1, 0.15) is 44.9 Å². The number of rotatable bonds is 6. The van der Waals surface area contributed by atoms with Crippen LogP contribution in [0, 0.1) is 5.92 Å². The highest BCUT2D eigenvalue weighted by Gasteiger charge is 2.34. The van der Waals surface area contributed by atoms with Crippen molar-refractivity contribution in [1.29, 1.82) is 0 Å². The topological polar surface area (TPSA) is 29.0 Å². The molecule has 1 heterocycles. The summed E-state index contributed by atoms with van der Waals surface area (Å²) < 4.78 is 0.928. The van der Waals surface area contributed by atoms with Gasteiger partial charge in [-0.05, 0) is 54.0 Å². The fraction of sp³-hybridized carbons (Fsp3) is 0.714. The fourth-order valence-corrected chi connectivity index (χ4v) is 2.74. The van der Waals surface area contributed by atoms with E-state index >= 15 is 0 Å². The van der Waals surface area contributed by atoms with Gasteiger partial charge in [-0.1, -0.05) is 6.92 Å². The average molecular weight is 310 g/mol. The molecule has 2 saturated carbocycles. The third-order valence-corrected chi connectivity index (χ3v) is 4.04. The van der Waals surface area contributed by atoms with E-state index < -0.39 is 0 Å². The van der Waals surface area contributed by atoms with Gasteiger partial charge in [-0.2, -0.15) is 0 Å². The summed E-state index contributed by atoms with van der Waals surface area (Å²) in [6.45, 7) is 3.37. The zero-order chi connectivity index (χ0) is 12.5. The van der Waals surface area contributed by atoms with Gasteiger partial charge >= 0.3 is 0 Å². The third kappa shape index (κ3) is 3.02. The zero-order valence-electron chi connectivity index (χ0n) is 10.9. The van der Waals surface area contributed by atoms with E-state index in [2.05, 4.69) is 38.8 Å². The second-order valence-electron chi connectivity index (χ2n) is 5.54. The second-order valence-corrected chi connectivity index (χ2v) is 6.35. The average Bonchev–Trinajstić information content (AvgIpc) is 3.19. The number of halogens is 1. The van der Waals surface area contributed by atoms with Gasteiger partial charge in [0, 0.05) is 25.1 Å². The van der Waals surface area contributed by atoms with Crippen molar-refractivity contribution in [3.05, 3.63) is 16.5 Å². The van der Waals surface area contributed by atoms with Gasteiger partial charge in [-0.15, -0.1) is 0 Å². The predicted molar refractivity (Wildman–Crippen MR) is 76.8 cm³/mol. The summed E-state index contributed by atoms with van der Waals surface area (Å²) in [5.41, 5.74) is 0. The summed E-state index contributed by atoms with van der Waals surface area (Å²) in [5, 5.41) is 0. The molecular formula is C14H20BrN3. The van der Waals surface area contributed by atoms with Crippen molar-refractivity contribution in [2.24, 2.45) is 5.92 Å². The maximum absolute atomic E-state index is 4.75. The van der Waals surface area contributed by atoms with Crippen LogP contribution in [0.3, 0.4) is 0 Å². The maximum atomic E-state index is 4.75. The van der Waals surface area contributed by atoms with E-state index in [-0.39, 0.29) is 0 Å². The summed E-state index contributed by atoms with van der Waals surface area (Å²) in [7, 11) is 0. The molecule has 0 N–H and O–H groups in total. The molecule has 0 bridgehead atoms. The molecule has 3 rings (SSSR count). The number of aromatic nitrogens is 2. The van der Waals surface area contributed by atoms with Crippen molar-refractivity contribution >= 4 is 21.7 Å². The summed E-state index contributed by atoms with van der Waals surface area (Å²) in [6, 6.07) is 2.82. The van der Waals surface area contributed by atoms with Gasteiger partial charge in [-0.25, -0.2) is 9.97 Å². The summed E-state index contributed by atoms with van der Waals surface area (Å²) in [6.07, 6.45) is 7.53. The lowest BCUT2D eigenvalue weighted by Crippen LogP contribution is -2.29. The summed E-state index contributed by atoms with van der Waals surface area (Å²) in [4.78, 5) is 11.7. The monoisotopic (exact) mass is 309 g/mol. The van der Waals surface area contributed by atoms with Gasteiger partial charge in [0.1, 0.15) is 16.2 Å². The molecule has 1 aromatic heterocycles. The van der Waals surface area contributed by atoms with Gasteiger partial charge in [0.05, 0.1) is 0 Å². The Kier molecular flexibility index (Phi) is 3.55. The number of hydrogen-bond donors (Lipinski definition) is 0. The molecule has 0 radical (unpaired) electrons. The predicted octanol–water partition coefficient (Wildman–Crippen LogP) is 3.57. The Morgan fingerprint density at radius 3 is 2.67 bits per heavy atom. The van der Waals surface area contributed by atoms with E-state index in [1.807, 2.05) is 0 Å². The van der Waals surface area contributed by atoms with Gasteiger partial charge in [0.15, 0.2) is 0 Å². The first-order chi connectivity index (χ1) is 8.76. The van der Waals surface area contributed by atoms with Crippen molar-refractivity contribution in [3.8, 4) is 0 Å². The normalized spacial score (nSPS) is 19.0. The molecule has 0 spiro atoms. The first-order valence-corrected chi connectivity index (χ1v) is 7.85. The van der Waals surface area contributed by atoms with Gasteiger partial charge in [-0.3, -0.25) is 0 Å². The maximum Gasteiger partial charge on any atom is 0.133 e. The molecule has 0 amide bonds. The zero-order valence-corrected chi connectivity index (χ0v) is 12.5. The quantitative estimate of drug-likeness (QED) is 0.752. The van der Waals surface area contributed by atoms with Crippen LogP contribution in [0.5, 0.6) is 0 Å². The van der Waals surface area contributed by atoms with Crippen molar-refractivity contribution < 1.29 is 0 Å². The molecule has 0 unspecified atom stereocenters. The number of aryl methyl sites for hydroxylation is 1. The van der Waals surface area contributed by atoms with Crippen LogP contribution in [0.4, 0.5) is 5.82 Å². The molecule has 2 aliphatic rings. The standard InChI is InChI=1S/C14H20BrN3/c1-2-3-13-16-12(15)8-14(17-13)18(11-6-7-11)9-10-4-5-10/h8,10-11H,2-7,9H2,1H3.